The van der Waals surface area contributed by atoms with Gasteiger partial charge in [-0.2, -0.15) is 29.0 Å². The molecular weight excluding hydrogens is 2080 g/mol. The number of ether oxygens (including phenoxy) is 2. The zero-order valence-electron chi connectivity index (χ0n) is 82.0. The molecule has 147 heavy (non-hydrogen) atoms. The normalized spacial score (nSPS) is 16.8. The summed E-state index contributed by atoms with van der Waals surface area (Å²) in [7, 11) is -2.00. The van der Waals surface area contributed by atoms with E-state index in [1.165, 1.54) is 77.3 Å². The third kappa shape index (κ3) is 33.1. The van der Waals surface area contributed by atoms with Crippen molar-refractivity contribution in [3.05, 3.63) is 227 Å². The molecule has 39 nitrogen and oxygen atoms in total. The monoisotopic (exact) mass is 2180 g/mol. The number of primary amides is 4. The molecule has 16 N–H and O–H groups in total. The second-order valence-corrected chi connectivity index (χ2v) is 37.7. The smallest absolute Gasteiger partial charge is 0.480 e. The van der Waals surface area contributed by atoms with Crippen LogP contribution in [0.5, 0.6) is 0 Å². The van der Waals surface area contributed by atoms with E-state index in [1.54, 1.807) is 159 Å². The number of aromatic carboxylic acids is 1. The highest BCUT2D eigenvalue weighted by molar-refractivity contribution is 6.37. The first-order valence-electron chi connectivity index (χ1n) is 44.8. The zero-order valence-corrected chi connectivity index (χ0v) is 85.3. The van der Waals surface area contributed by atoms with Crippen molar-refractivity contribution in [2.45, 2.75) is 185 Å². The van der Waals surface area contributed by atoms with Crippen molar-refractivity contribution in [2.75, 3.05) is 42.1 Å². The predicted octanol–water partition coefficient (Wildman–Crippen LogP) is 13.6. The fraction of sp³-hybridized carbons (Fsp3) is 0.354. The summed E-state index contributed by atoms with van der Waals surface area (Å²) in [6.45, 7) is 17.1. The van der Waals surface area contributed by atoms with Crippen LogP contribution in [-0.2, 0) is 98.1 Å². The summed E-state index contributed by atoms with van der Waals surface area (Å²) in [6, 6.07) is 36.8. The fourth-order valence-corrected chi connectivity index (χ4v) is 16.5. The highest BCUT2D eigenvalue weighted by atomic mass is 35.5. The number of imidazole rings is 3. The topological polar surface area (TPSA) is 619 Å². The SMILES string of the molecule is CC(C)(C)OC(=O)[C@@H](N)CCC(N)=O.CC(C)(C)OC(=O)[C@H](CCC(N)=O)NC(=O)c1cnc2n1[C@](C)(Cc1ccc(C#N)cc1)C(=O)N2c1cc(Cl)cc(Cl)c1.C[C@@]1(Cc2ccc(C#N)cc2)C(=O)N(c2cc(Cl)cc(Cl)c2)c2ncc(C(=O)N[C@@H](CCC(N)=O)C(=O)O)n21.C[C@@]1(Cc2ccc(C#N)cc2)C(=O)N(c2cc(Cl)cc(Cl)c2)c2ncc(C(=O)O)n21.Cl.NC(=O)C1CCCNC1.O=C(O)C(F)(F)F.[2H]CF.[2H]CF. The maximum atomic E-state index is 14.2. The van der Waals surface area contributed by atoms with Crippen LogP contribution < -0.4 is 59.3 Å². The summed E-state index contributed by atoms with van der Waals surface area (Å²) in [5.74, 6) is -10.8. The number of nitrogens with one attached hydrogen (secondary N) is 3. The highest BCUT2D eigenvalue weighted by Gasteiger charge is 2.55. The molecule has 0 saturated carbocycles. The van der Waals surface area contributed by atoms with Gasteiger partial charge >= 0.3 is 36.0 Å². The molecule has 0 spiro atoms. The first-order valence-corrected chi connectivity index (χ1v) is 45.7. The van der Waals surface area contributed by atoms with Crippen molar-refractivity contribution in [1.82, 2.24) is 44.6 Å². The maximum absolute atomic E-state index is 14.2. The quantitative estimate of drug-likeness (QED) is 0.0168. The molecular formula is C96H104Cl7F5N20O19. The molecule has 13 rings (SSSR count). The molecule has 9 aromatic rings. The summed E-state index contributed by atoms with van der Waals surface area (Å²) in [5.41, 5.74) is 24.9. The predicted molar refractivity (Wildman–Crippen MR) is 535 cm³/mol. The number of nitrogens with zero attached hydrogens (tertiary/aromatic N) is 12. The number of carboxylic acids is 3. The molecule has 0 bridgehead atoms. The number of anilines is 6. The molecule has 7 atom stereocenters. The van der Waals surface area contributed by atoms with E-state index in [0.29, 0.717) is 59.4 Å². The molecule has 3 aromatic heterocycles. The Balaban J connectivity index is 0.000000337. The number of carbonyl (C=O) groups excluding carboxylic acids is 11. The number of hydrogen-bond donors (Lipinski definition) is 11. The number of halogens is 12. The van der Waals surface area contributed by atoms with Crippen molar-refractivity contribution in [3.8, 4) is 18.2 Å². The minimum absolute atomic E-state index is 0. The van der Waals surface area contributed by atoms with Crippen LogP contribution in [0.4, 0.5) is 56.9 Å². The van der Waals surface area contributed by atoms with Crippen LogP contribution in [0.3, 0.4) is 0 Å². The number of piperidine rings is 1. The van der Waals surface area contributed by atoms with Gasteiger partial charge in [0.25, 0.3) is 29.5 Å². The maximum Gasteiger partial charge on any atom is 0.490 e. The number of aromatic nitrogens is 6. The number of nitriles is 3. The Kier molecular flexibility index (Phi) is 43.6. The Morgan fingerprint density at radius 1 is 0.503 bits per heavy atom. The van der Waals surface area contributed by atoms with E-state index in [4.69, 9.17) is 131 Å². The molecule has 51 heteroatoms. The molecule has 1 fully saturated rings. The molecule has 6 aromatic carbocycles. The molecule has 0 radical (unpaired) electrons. The molecule has 1 saturated heterocycles. The number of fused-ring (bicyclic) bond motifs is 3. The average Bonchev–Trinajstić information content (AvgIpc) is 1.56. The Morgan fingerprint density at radius 3 is 1.05 bits per heavy atom. The van der Waals surface area contributed by atoms with Gasteiger partial charge in [0.05, 0.1) is 93.5 Å². The Hall–Kier alpha value is -14.4. The number of carbonyl (C=O) groups is 14. The average molecular weight is 2190 g/mol. The number of amides is 9. The van der Waals surface area contributed by atoms with E-state index < -0.39 is 138 Å². The Labute approximate surface area is 878 Å². The lowest BCUT2D eigenvalue weighted by Gasteiger charge is -2.27. The van der Waals surface area contributed by atoms with Crippen LogP contribution in [0.2, 0.25) is 30.1 Å². The number of nitrogens with two attached hydrogens (primary N) is 5. The lowest BCUT2D eigenvalue weighted by atomic mass is 9.91. The standard InChI is InChI=1S/C30H30Cl2N6O5.C26H22Cl2N6O5.C21H14Cl2N4O3.C9H18N2O3.C6H12N2O.C2HF3O2.2CH3F.ClH/c1-29(2,3)43-26(41)22(9-10-24(34)39)36-25(40)23-16-35-28-37(21-12-19(31)11-20(32)13-21)27(42)30(4,38(23)28)14-17-5-7-18(15-33)8-6-17;1-26(11-14-2-4-15(12-29)5-3-14)24(39)33(18-9-16(27)8-17(28)10-18)25-31-13-20(34(25)26)22(36)32-19(23(37)38)6-7-21(30)35;1-21(9-12-2-4-13(10-24)5-3-12)19(30)26(16-7-14(22)6-15(23)8-16)20-25-11-17(18(28)29)27(20)21;1-9(2,3)14-8(13)6(10)4-5-7(11)12;7-6(9)5-2-1-3-8-4-5;3-2(4,5)1(6)7;2*1-2;/h5-8,11-13,16,22H,9-10,14H2,1-4H3,(H2,34,39)(H,36,40);2-5,8-10,13,19H,6-7,11H2,1H3,(H2,30,35)(H,32,36)(H,37,38);2-8,11H,9H2,1H3,(H,28,29);6H,4-5,10H2,1-3H3,(H2,11,12);5,8H,1-4H2,(H2,7,9);(H,6,7);2*1H3;1H/t22-,30+;19-,26+;21-;6-;;;;;/m0010...../s1/i;;;;;;2*1D;. The van der Waals surface area contributed by atoms with Crippen molar-refractivity contribution in [1.29, 1.82) is 15.8 Å². The van der Waals surface area contributed by atoms with Gasteiger partial charge in [-0.1, -0.05) is 106 Å². The second kappa shape index (κ2) is 53.6. The van der Waals surface area contributed by atoms with E-state index in [9.17, 15) is 99.8 Å². The van der Waals surface area contributed by atoms with Crippen LogP contribution in [0.1, 0.15) is 181 Å². The van der Waals surface area contributed by atoms with Gasteiger partial charge in [-0.25, -0.2) is 48.8 Å². The van der Waals surface area contributed by atoms with Crippen molar-refractivity contribution >= 4 is 200 Å². The Bertz CT molecular complexity index is 6470. The van der Waals surface area contributed by atoms with Gasteiger partial charge in [0, 0.05) is 75.2 Å². The van der Waals surface area contributed by atoms with E-state index in [1.807, 2.05) is 12.1 Å². The zero-order chi connectivity index (χ0) is 111. The van der Waals surface area contributed by atoms with Gasteiger partial charge in [0.1, 0.15) is 63.0 Å². The molecule has 9 amide bonds. The number of alkyl halides is 5. The number of hydrogen-bond acceptors (Lipinski definition) is 24. The van der Waals surface area contributed by atoms with Crippen LogP contribution in [-0.4, -0.2) is 190 Å². The van der Waals surface area contributed by atoms with Crippen LogP contribution in [0, 0.1) is 39.9 Å². The van der Waals surface area contributed by atoms with Gasteiger partial charge in [-0.3, -0.25) is 70.4 Å². The molecule has 786 valence electrons. The van der Waals surface area contributed by atoms with Gasteiger partial charge in [0.15, 0.2) is 0 Å². The molecule has 1 unspecified atom stereocenters. The van der Waals surface area contributed by atoms with Gasteiger partial charge < -0.3 is 69.4 Å². The summed E-state index contributed by atoms with van der Waals surface area (Å²) in [5, 5.41) is 63.6. The summed E-state index contributed by atoms with van der Waals surface area (Å²) >= 11 is 37.1. The first-order chi connectivity index (χ1) is 69.1. The number of benzene rings is 6. The summed E-state index contributed by atoms with van der Waals surface area (Å²) < 4.78 is 77.6. The third-order valence-electron chi connectivity index (χ3n) is 21.5. The third-order valence-corrected chi connectivity index (χ3v) is 22.8. The molecule has 0 aliphatic carbocycles. The van der Waals surface area contributed by atoms with Gasteiger partial charge in [-0.05, 0) is 209 Å². The lowest BCUT2D eigenvalue weighted by molar-refractivity contribution is -0.192. The first kappa shape index (κ1) is 120. The van der Waals surface area contributed by atoms with E-state index in [-0.39, 0.29) is 133 Å². The van der Waals surface area contributed by atoms with Crippen LogP contribution in [0.25, 0.3) is 0 Å². The largest absolute Gasteiger partial charge is 0.490 e. The fourth-order valence-electron chi connectivity index (χ4n) is 15.0. The number of carboxylic acid groups (broad SMARTS) is 3. The summed E-state index contributed by atoms with van der Waals surface area (Å²) in [6.07, 6.45) is 0.740. The second-order valence-electron chi connectivity index (χ2n) is 35.1. The highest BCUT2D eigenvalue weighted by Crippen LogP contribution is 2.48. The van der Waals surface area contributed by atoms with E-state index >= 15 is 0 Å². The summed E-state index contributed by atoms with van der Waals surface area (Å²) in [4.78, 5) is 186. The minimum atomic E-state index is -5.08. The van der Waals surface area contributed by atoms with Crippen molar-refractivity contribution in [3.63, 3.8) is 0 Å². The number of aliphatic carboxylic acids is 2. The van der Waals surface area contributed by atoms with Gasteiger partial charge in [0.2, 0.25) is 41.5 Å². The Morgan fingerprint density at radius 2 is 0.789 bits per heavy atom. The van der Waals surface area contributed by atoms with Crippen LogP contribution in [0.15, 0.2) is 146 Å². The van der Waals surface area contributed by atoms with Crippen LogP contribution >= 0.6 is 82.0 Å². The lowest BCUT2D eigenvalue weighted by Crippen LogP contribution is -2.47. The number of esters is 2. The van der Waals surface area contributed by atoms with Gasteiger partial charge in [-0.15, -0.1) is 12.4 Å². The van der Waals surface area contributed by atoms with Crippen molar-refractivity contribution in [2.24, 2.45) is 34.6 Å². The van der Waals surface area contributed by atoms with E-state index in [2.05, 4.69) is 37.0 Å². The molecule has 4 aliphatic rings. The minimum Gasteiger partial charge on any atom is -0.480 e. The number of rotatable bonds is 27. The van der Waals surface area contributed by atoms with Crippen molar-refractivity contribution < 1.29 is 117 Å². The molecule has 4 aliphatic heterocycles. The van der Waals surface area contributed by atoms with E-state index in [0.717, 1.165) is 37.1 Å². The molecule has 7 heterocycles.